The van der Waals surface area contributed by atoms with Crippen LogP contribution >= 0.6 is 0 Å². The summed E-state index contributed by atoms with van der Waals surface area (Å²) in [4.78, 5) is 19.8. The Morgan fingerprint density at radius 3 is 2.67 bits per heavy atom. The van der Waals surface area contributed by atoms with Gasteiger partial charge in [0.2, 0.25) is 5.89 Å². The number of fused-ring (bicyclic) bond motifs is 1. The molecule has 5 rings (SSSR count). The van der Waals surface area contributed by atoms with Gasteiger partial charge in [-0.15, -0.1) is 0 Å². The van der Waals surface area contributed by atoms with E-state index in [1.54, 1.807) is 25.3 Å². The van der Waals surface area contributed by atoms with Crippen molar-refractivity contribution in [2.75, 3.05) is 20.8 Å². The zero-order valence-electron chi connectivity index (χ0n) is 20.9. The quantitative estimate of drug-likeness (QED) is 0.503. The summed E-state index contributed by atoms with van der Waals surface area (Å²) in [5, 5.41) is 1.87. The van der Waals surface area contributed by atoms with Gasteiger partial charge in [-0.05, 0) is 50.1 Å². The van der Waals surface area contributed by atoms with Gasteiger partial charge in [0.05, 0.1) is 39.0 Å². The van der Waals surface area contributed by atoms with Crippen LogP contribution in [0.1, 0.15) is 36.4 Å². The molecule has 2 aliphatic rings. The molecule has 2 aromatic carbocycles. The van der Waals surface area contributed by atoms with E-state index in [-0.39, 0.29) is 18.0 Å². The van der Waals surface area contributed by atoms with Crippen LogP contribution < -0.4 is 19.6 Å². The number of amides is 1. The van der Waals surface area contributed by atoms with Gasteiger partial charge >= 0.3 is 0 Å². The largest absolute Gasteiger partial charge is 0.493 e. The van der Waals surface area contributed by atoms with Gasteiger partial charge in [0.15, 0.2) is 11.5 Å². The van der Waals surface area contributed by atoms with Crippen LogP contribution in [-0.4, -0.2) is 47.7 Å². The molecule has 1 aromatic heterocycles. The second-order valence-electron chi connectivity index (χ2n) is 8.67. The monoisotopic (exact) mass is 490 g/mol. The minimum atomic E-state index is -0.321. The summed E-state index contributed by atoms with van der Waals surface area (Å²) in [5.41, 5.74) is 5.95. The minimum Gasteiger partial charge on any atom is -0.493 e. The summed E-state index contributed by atoms with van der Waals surface area (Å²) in [7, 11) is 3.23. The normalized spacial score (nSPS) is 18.9. The van der Waals surface area contributed by atoms with Gasteiger partial charge in [-0.25, -0.2) is 10.4 Å². The van der Waals surface area contributed by atoms with Crippen molar-refractivity contribution >= 4 is 5.91 Å². The lowest BCUT2D eigenvalue weighted by atomic mass is 10.0. The Balaban J connectivity index is 1.31. The number of nitrogens with one attached hydrogen (secondary N) is 1. The topological polar surface area (TPSA) is 89.3 Å². The maximum atomic E-state index is 13.4. The molecule has 2 aliphatic heterocycles. The number of methoxy groups -OCH3 is 2. The van der Waals surface area contributed by atoms with Crippen LogP contribution in [0.15, 0.2) is 59.3 Å². The first-order chi connectivity index (χ1) is 17.5. The van der Waals surface area contributed by atoms with E-state index in [4.69, 9.17) is 23.6 Å². The molecule has 1 N–H and O–H groups in total. The Hall–Kier alpha value is -3.98. The summed E-state index contributed by atoms with van der Waals surface area (Å²) >= 11 is 0. The fourth-order valence-corrected chi connectivity index (χ4v) is 4.63. The lowest BCUT2D eigenvalue weighted by Crippen LogP contribution is -2.47. The fourth-order valence-electron chi connectivity index (χ4n) is 4.63. The molecule has 0 bridgehead atoms. The number of hydrazine groups is 1. The van der Waals surface area contributed by atoms with Crippen LogP contribution in [0.2, 0.25) is 0 Å². The highest BCUT2D eigenvalue weighted by molar-refractivity contribution is 5.84. The second-order valence-corrected chi connectivity index (χ2v) is 8.67. The highest BCUT2D eigenvalue weighted by atomic mass is 16.5. The second kappa shape index (κ2) is 9.94. The standard InChI is InChI=1S/C27H30N4O5/c1-5-35-23-9-7-6-8-19(23)26-28-21(17(2)36-26)16-30-12-13-31-22(27(30)32)15-20(29-31)18-10-11-24(33-3)25(14-18)34-4/h6-14,20,22,29H,5,15-16H2,1-4H3. The molecular formula is C27H30N4O5. The van der Waals surface area contributed by atoms with Gasteiger partial charge < -0.3 is 28.5 Å². The molecule has 9 heteroatoms. The summed E-state index contributed by atoms with van der Waals surface area (Å²) < 4.78 is 22.5. The van der Waals surface area contributed by atoms with Crippen molar-refractivity contribution in [3.05, 3.63) is 71.9 Å². The smallest absolute Gasteiger partial charge is 0.251 e. The Bertz CT molecular complexity index is 1290. The molecule has 2 atom stereocenters. The summed E-state index contributed by atoms with van der Waals surface area (Å²) in [6, 6.07) is 13.1. The molecule has 0 spiro atoms. The Morgan fingerprint density at radius 2 is 1.89 bits per heavy atom. The number of aryl methyl sites for hydroxylation is 1. The third kappa shape index (κ3) is 4.37. The van der Waals surface area contributed by atoms with Crippen molar-refractivity contribution in [3.63, 3.8) is 0 Å². The molecule has 3 heterocycles. The number of nitrogens with zero attached hydrogens (tertiary/aromatic N) is 3. The number of oxazole rings is 1. The number of para-hydroxylation sites is 1. The van der Waals surface area contributed by atoms with E-state index in [9.17, 15) is 4.79 Å². The number of ether oxygens (including phenoxy) is 3. The predicted molar refractivity (Wildman–Crippen MR) is 133 cm³/mol. The van der Waals surface area contributed by atoms with E-state index in [0.717, 1.165) is 16.9 Å². The molecule has 9 nitrogen and oxygen atoms in total. The molecule has 3 aromatic rings. The van der Waals surface area contributed by atoms with Crippen LogP contribution in [0.3, 0.4) is 0 Å². The van der Waals surface area contributed by atoms with E-state index in [1.807, 2.05) is 67.5 Å². The van der Waals surface area contributed by atoms with Crippen LogP contribution in [0.25, 0.3) is 11.5 Å². The van der Waals surface area contributed by atoms with Crippen molar-refractivity contribution in [1.82, 2.24) is 20.3 Å². The van der Waals surface area contributed by atoms with Crippen LogP contribution in [0, 0.1) is 6.92 Å². The molecular weight excluding hydrogens is 460 g/mol. The van der Waals surface area contributed by atoms with Crippen molar-refractivity contribution in [3.8, 4) is 28.7 Å². The van der Waals surface area contributed by atoms with Gasteiger partial charge in [0.25, 0.3) is 5.91 Å². The fraction of sp³-hybridized carbons (Fsp3) is 0.333. The van der Waals surface area contributed by atoms with Gasteiger partial charge in [-0.3, -0.25) is 4.79 Å². The van der Waals surface area contributed by atoms with Gasteiger partial charge in [-0.2, -0.15) is 0 Å². The lowest BCUT2D eigenvalue weighted by Gasteiger charge is -2.31. The van der Waals surface area contributed by atoms with E-state index in [0.29, 0.717) is 48.4 Å². The Kier molecular flexibility index (Phi) is 6.56. The highest BCUT2D eigenvalue weighted by Gasteiger charge is 2.40. The summed E-state index contributed by atoms with van der Waals surface area (Å²) in [6.07, 6.45) is 4.30. The molecule has 1 saturated heterocycles. The zero-order chi connectivity index (χ0) is 25.2. The van der Waals surface area contributed by atoms with Crippen LogP contribution in [0.5, 0.6) is 17.2 Å². The zero-order valence-corrected chi connectivity index (χ0v) is 20.9. The Labute approximate surface area is 210 Å². The summed E-state index contributed by atoms with van der Waals surface area (Å²) in [6.45, 7) is 4.68. The third-order valence-corrected chi connectivity index (χ3v) is 6.52. The maximum Gasteiger partial charge on any atom is 0.251 e. The number of hydrogen-bond acceptors (Lipinski definition) is 8. The lowest BCUT2D eigenvalue weighted by molar-refractivity contribution is -0.135. The molecule has 1 fully saturated rings. The molecule has 2 unspecified atom stereocenters. The number of hydrogen-bond donors (Lipinski definition) is 1. The van der Waals surface area contributed by atoms with Crippen molar-refractivity contribution in [2.45, 2.75) is 38.9 Å². The Morgan fingerprint density at radius 1 is 1.08 bits per heavy atom. The molecule has 36 heavy (non-hydrogen) atoms. The van der Waals surface area contributed by atoms with Gasteiger partial charge in [0.1, 0.15) is 23.2 Å². The molecule has 1 amide bonds. The van der Waals surface area contributed by atoms with E-state index < -0.39 is 0 Å². The van der Waals surface area contributed by atoms with Gasteiger partial charge in [0, 0.05) is 12.4 Å². The first-order valence-corrected chi connectivity index (χ1v) is 12.0. The number of rotatable bonds is 8. The van der Waals surface area contributed by atoms with E-state index >= 15 is 0 Å². The predicted octanol–water partition coefficient (Wildman–Crippen LogP) is 4.20. The molecule has 0 radical (unpaired) electrons. The molecule has 0 saturated carbocycles. The van der Waals surface area contributed by atoms with Gasteiger partial charge in [-0.1, -0.05) is 18.2 Å². The van der Waals surface area contributed by atoms with Crippen LogP contribution in [0.4, 0.5) is 0 Å². The maximum absolute atomic E-state index is 13.4. The van der Waals surface area contributed by atoms with E-state index in [1.165, 1.54) is 0 Å². The number of benzene rings is 2. The first-order valence-electron chi connectivity index (χ1n) is 12.0. The minimum absolute atomic E-state index is 0.00615. The third-order valence-electron chi connectivity index (χ3n) is 6.52. The molecule has 188 valence electrons. The molecule has 0 aliphatic carbocycles. The van der Waals surface area contributed by atoms with Crippen molar-refractivity contribution < 1.29 is 23.4 Å². The highest BCUT2D eigenvalue weighted by Crippen LogP contribution is 2.36. The number of aromatic nitrogens is 1. The average molecular weight is 491 g/mol. The first kappa shape index (κ1) is 23.7. The SMILES string of the molecule is CCOc1ccccc1-c1nc(CN2C=CN3NC(c4ccc(OC)c(OC)c4)CC3C2=O)c(C)o1. The summed E-state index contributed by atoms with van der Waals surface area (Å²) in [5.74, 6) is 3.21. The van der Waals surface area contributed by atoms with E-state index in [2.05, 4.69) is 5.43 Å². The number of carbonyl (C=O) groups excluding carboxylic acids is 1. The number of carbonyl (C=O) groups is 1. The van der Waals surface area contributed by atoms with Crippen LogP contribution in [-0.2, 0) is 11.3 Å². The van der Waals surface area contributed by atoms with Crippen molar-refractivity contribution in [2.24, 2.45) is 0 Å². The average Bonchev–Trinajstić information content (AvgIpc) is 3.50. The van der Waals surface area contributed by atoms with Crippen molar-refractivity contribution in [1.29, 1.82) is 0 Å².